The Bertz CT molecular complexity index is 337. The third-order valence-corrected chi connectivity index (χ3v) is 3.37. The highest BCUT2D eigenvalue weighted by atomic mass is 79.9. The topological polar surface area (TPSA) is 41.3 Å². The van der Waals surface area contributed by atoms with Gasteiger partial charge in [0.15, 0.2) is 0 Å². The van der Waals surface area contributed by atoms with Crippen LogP contribution < -0.4 is 11.1 Å². The van der Waals surface area contributed by atoms with Crippen molar-refractivity contribution in [2.75, 3.05) is 37.2 Å². The van der Waals surface area contributed by atoms with Gasteiger partial charge in [-0.2, -0.15) is 0 Å². The number of nitrogens with zero attached hydrogens (tertiary/aromatic N) is 1. The third kappa shape index (κ3) is 4.96. The maximum absolute atomic E-state index is 5.91. The molecular formula is C13H22BrN3. The molecule has 0 bridgehead atoms. The minimum Gasteiger partial charge on any atom is -0.397 e. The molecule has 3 N–H and O–H groups in total. The number of rotatable bonds is 7. The van der Waals surface area contributed by atoms with E-state index in [-0.39, 0.29) is 0 Å². The Labute approximate surface area is 113 Å². The van der Waals surface area contributed by atoms with E-state index < -0.39 is 0 Å². The number of nitrogens with one attached hydrogen (secondary N) is 1. The van der Waals surface area contributed by atoms with Crippen LogP contribution in [0.2, 0.25) is 0 Å². The quantitative estimate of drug-likeness (QED) is 0.600. The molecule has 0 radical (unpaired) electrons. The van der Waals surface area contributed by atoms with Crippen LogP contribution in [-0.2, 0) is 0 Å². The van der Waals surface area contributed by atoms with E-state index in [1.165, 1.54) is 0 Å². The number of hydrogen-bond donors (Lipinski definition) is 2. The molecule has 0 aliphatic rings. The van der Waals surface area contributed by atoms with Crippen molar-refractivity contribution in [3.63, 3.8) is 0 Å². The number of anilines is 2. The van der Waals surface area contributed by atoms with Gasteiger partial charge in [-0.25, -0.2) is 0 Å². The summed E-state index contributed by atoms with van der Waals surface area (Å²) in [6, 6.07) is 5.94. The second kappa shape index (κ2) is 7.56. The van der Waals surface area contributed by atoms with E-state index in [2.05, 4.69) is 40.0 Å². The largest absolute Gasteiger partial charge is 0.397 e. The molecule has 0 spiro atoms. The van der Waals surface area contributed by atoms with Crippen molar-refractivity contribution in [3.05, 3.63) is 22.7 Å². The second-order valence-electron chi connectivity index (χ2n) is 4.04. The predicted molar refractivity (Wildman–Crippen MR) is 79.4 cm³/mol. The molecule has 96 valence electrons. The van der Waals surface area contributed by atoms with Crippen molar-refractivity contribution in [2.24, 2.45) is 0 Å². The summed E-state index contributed by atoms with van der Waals surface area (Å²) in [6.07, 6.45) is 1.14. The SMILES string of the molecule is CCN(CC)CCCNc1ccc(Br)cc1N. The van der Waals surface area contributed by atoms with Crippen LogP contribution in [0.3, 0.4) is 0 Å². The third-order valence-electron chi connectivity index (χ3n) is 2.87. The maximum Gasteiger partial charge on any atom is 0.0574 e. The molecule has 0 heterocycles. The summed E-state index contributed by atoms with van der Waals surface area (Å²) < 4.78 is 1.02. The van der Waals surface area contributed by atoms with Crippen molar-refractivity contribution in [1.82, 2.24) is 4.90 Å². The van der Waals surface area contributed by atoms with Crippen LogP contribution in [0.1, 0.15) is 20.3 Å². The van der Waals surface area contributed by atoms with Gasteiger partial charge in [0, 0.05) is 11.0 Å². The molecule has 17 heavy (non-hydrogen) atoms. The number of hydrogen-bond acceptors (Lipinski definition) is 3. The molecule has 0 aliphatic heterocycles. The molecule has 0 aromatic heterocycles. The monoisotopic (exact) mass is 299 g/mol. The summed E-state index contributed by atoms with van der Waals surface area (Å²) in [5.74, 6) is 0. The molecule has 0 fully saturated rings. The summed E-state index contributed by atoms with van der Waals surface area (Å²) >= 11 is 3.40. The van der Waals surface area contributed by atoms with Gasteiger partial charge in [0.05, 0.1) is 11.4 Å². The average molecular weight is 300 g/mol. The van der Waals surface area contributed by atoms with Crippen LogP contribution in [-0.4, -0.2) is 31.1 Å². The Morgan fingerprint density at radius 3 is 2.59 bits per heavy atom. The Hall–Kier alpha value is -0.740. The summed E-state index contributed by atoms with van der Waals surface area (Å²) in [5.41, 5.74) is 7.73. The van der Waals surface area contributed by atoms with Crippen molar-refractivity contribution >= 4 is 27.3 Å². The van der Waals surface area contributed by atoms with E-state index in [1.54, 1.807) is 0 Å². The Balaban J connectivity index is 2.31. The first kappa shape index (κ1) is 14.3. The number of benzene rings is 1. The number of nitrogens with two attached hydrogens (primary N) is 1. The lowest BCUT2D eigenvalue weighted by Gasteiger charge is -2.18. The molecule has 1 aromatic carbocycles. The van der Waals surface area contributed by atoms with E-state index in [4.69, 9.17) is 5.73 Å². The van der Waals surface area contributed by atoms with Gasteiger partial charge in [0.1, 0.15) is 0 Å². The van der Waals surface area contributed by atoms with Gasteiger partial charge in [-0.05, 0) is 44.3 Å². The van der Waals surface area contributed by atoms with E-state index >= 15 is 0 Å². The minimum atomic E-state index is 0.794. The summed E-state index contributed by atoms with van der Waals surface area (Å²) in [7, 11) is 0. The van der Waals surface area contributed by atoms with E-state index in [0.29, 0.717) is 0 Å². The first-order valence-electron chi connectivity index (χ1n) is 6.18. The van der Waals surface area contributed by atoms with Crippen molar-refractivity contribution in [2.45, 2.75) is 20.3 Å². The highest BCUT2D eigenvalue weighted by Gasteiger charge is 2.00. The summed E-state index contributed by atoms with van der Waals surface area (Å²) in [4.78, 5) is 2.42. The first-order valence-corrected chi connectivity index (χ1v) is 6.98. The first-order chi connectivity index (χ1) is 8.17. The van der Waals surface area contributed by atoms with Gasteiger partial charge in [-0.1, -0.05) is 29.8 Å². The van der Waals surface area contributed by atoms with Crippen LogP contribution in [0, 0.1) is 0 Å². The van der Waals surface area contributed by atoms with E-state index in [0.717, 1.165) is 48.4 Å². The van der Waals surface area contributed by atoms with Crippen molar-refractivity contribution in [3.8, 4) is 0 Å². The van der Waals surface area contributed by atoms with Crippen molar-refractivity contribution < 1.29 is 0 Å². The zero-order valence-corrected chi connectivity index (χ0v) is 12.3. The van der Waals surface area contributed by atoms with Crippen LogP contribution in [0.5, 0.6) is 0 Å². The molecule has 0 unspecified atom stereocenters. The fourth-order valence-corrected chi connectivity index (χ4v) is 2.14. The minimum absolute atomic E-state index is 0.794. The predicted octanol–water partition coefficient (Wildman–Crippen LogP) is 3.18. The molecule has 0 atom stereocenters. The summed E-state index contributed by atoms with van der Waals surface area (Å²) in [6.45, 7) is 8.74. The average Bonchev–Trinajstić information content (AvgIpc) is 2.32. The van der Waals surface area contributed by atoms with Gasteiger partial charge in [0.2, 0.25) is 0 Å². The van der Waals surface area contributed by atoms with Gasteiger partial charge in [-0.3, -0.25) is 0 Å². The van der Waals surface area contributed by atoms with E-state index in [1.807, 2.05) is 18.2 Å². The van der Waals surface area contributed by atoms with Gasteiger partial charge >= 0.3 is 0 Å². The lowest BCUT2D eigenvalue weighted by Crippen LogP contribution is -2.25. The zero-order chi connectivity index (χ0) is 12.7. The van der Waals surface area contributed by atoms with Crippen molar-refractivity contribution in [1.29, 1.82) is 0 Å². The lowest BCUT2D eigenvalue weighted by atomic mass is 10.2. The van der Waals surface area contributed by atoms with Crippen LogP contribution in [0.25, 0.3) is 0 Å². The van der Waals surface area contributed by atoms with Crippen LogP contribution in [0.15, 0.2) is 22.7 Å². The maximum atomic E-state index is 5.91. The molecular weight excluding hydrogens is 278 g/mol. The van der Waals surface area contributed by atoms with Gasteiger partial charge in [-0.15, -0.1) is 0 Å². The Morgan fingerprint density at radius 1 is 1.29 bits per heavy atom. The second-order valence-corrected chi connectivity index (χ2v) is 4.95. The number of nitrogen functional groups attached to an aromatic ring is 1. The molecule has 3 nitrogen and oxygen atoms in total. The van der Waals surface area contributed by atoms with Gasteiger partial charge in [0.25, 0.3) is 0 Å². The Kier molecular flexibility index (Phi) is 6.37. The normalized spacial score (nSPS) is 10.8. The highest BCUT2D eigenvalue weighted by molar-refractivity contribution is 9.10. The zero-order valence-electron chi connectivity index (χ0n) is 10.7. The van der Waals surface area contributed by atoms with E-state index in [9.17, 15) is 0 Å². The molecule has 1 aromatic rings. The highest BCUT2D eigenvalue weighted by Crippen LogP contribution is 2.22. The van der Waals surface area contributed by atoms with Crippen LogP contribution in [0.4, 0.5) is 11.4 Å². The standard InChI is InChI=1S/C13H22BrN3/c1-3-17(4-2)9-5-8-16-13-7-6-11(14)10-12(13)15/h6-7,10,16H,3-5,8-9,15H2,1-2H3. The summed E-state index contributed by atoms with van der Waals surface area (Å²) in [5, 5.41) is 3.37. The van der Waals surface area contributed by atoms with Gasteiger partial charge < -0.3 is 16.0 Å². The molecule has 4 heteroatoms. The fraction of sp³-hybridized carbons (Fsp3) is 0.538. The molecule has 0 saturated heterocycles. The lowest BCUT2D eigenvalue weighted by molar-refractivity contribution is 0.303. The fourth-order valence-electron chi connectivity index (χ4n) is 1.76. The molecule has 0 saturated carbocycles. The molecule has 1 rings (SSSR count). The molecule has 0 amide bonds. The smallest absolute Gasteiger partial charge is 0.0574 e. The molecule has 0 aliphatic carbocycles. The Morgan fingerprint density at radius 2 is 2.00 bits per heavy atom. The number of halogens is 1. The van der Waals surface area contributed by atoms with Crippen LogP contribution >= 0.6 is 15.9 Å².